The first kappa shape index (κ1) is 18.2. The lowest BCUT2D eigenvalue weighted by Crippen LogP contribution is -2.04. The Labute approximate surface area is 155 Å². The molecule has 1 aliphatic heterocycles. The SMILES string of the molecule is Cc1ncc(/C=C/C(=O)CCCCc2ccc3c(n2)NCCCC3)cn1. The van der Waals surface area contributed by atoms with Gasteiger partial charge >= 0.3 is 0 Å². The van der Waals surface area contributed by atoms with E-state index in [1.165, 1.54) is 18.4 Å². The number of unbranched alkanes of at least 4 members (excludes halogenated alkanes) is 1. The highest BCUT2D eigenvalue weighted by atomic mass is 16.1. The number of nitrogens with one attached hydrogen (secondary N) is 1. The number of aromatic nitrogens is 3. The summed E-state index contributed by atoms with van der Waals surface area (Å²) in [5.74, 6) is 1.93. The average Bonchev–Trinajstić information content (AvgIpc) is 2.90. The molecule has 0 aliphatic carbocycles. The predicted octanol–water partition coefficient (Wildman–Crippen LogP) is 3.92. The lowest BCUT2D eigenvalue weighted by molar-refractivity contribution is -0.114. The molecule has 5 heteroatoms. The van der Waals surface area contributed by atoms with Gasteiger partial charge in [0, 0.05) is 36.6 Å². The fourth-order valence-corrected chi connectivity index (χ4v) is 3.04. The van der Waals surface area contributed by atoms with Crippen molar-refractivity contribution in [2.24, 2.45) is 0 Å². The minimum atomic E-state index is 0.141. The fraction of sp³-hybridized carbons (Fsp3) is 0.429. The van der Waals surface area contributed by atoms with Gasteiger partial charge in [0.05, 0.1) is 0 Å². The number of hydrogen-bond donors (Lipinski definition) is 1. The Balaban J connectivity index is 1.41. The van der Waals surface area contributed by atoms with Gasteiger partial charge in [-0.15, -0.1) is 0 Å². The molecule has 2 aromatic rings. The van der Waals surface area contributed by atoms with E-state index >= 15 is 0 Å². The highest BCUT2D eigenvalue weighted by molar-refractivity contribution is 5.93. The van der Waals surface area contributed by atoms with Crippen molar-refractivity contribution >= 4 is 17.7 Å². The zero-order valence-corrected chi connectivity index (χ0v) is 15.4. The molecule has 0 amide bonds. The third-order valence-electron chi connectivity index (χ3n) is 4.57. The van der Waals surface area contributed by atoms with Crippen LogP contribution in [-0.2, 0) is 17.6 Å². The van der Waals surface area contributed by atoms with Crippen LogP contribution in [0.4, 0.5) is 5.82 Å². The molecule has 0 fully saturated rings. The summed E-state index contributed by atoms with van der Waals surface area (Å²) in [5.41, 5.74) is 3.29. The highest BCUT2D eigenvalue weighted by Crippen LogP contribution is 2.20. The van der Waals surface area contributed by atoms with E-state index in [9.17, 15) is 4.79 Å². The summed E-state index contributed by atoms with van der Waals surface area (Å²) in [5, 5.41) is 3.43. The van der Waals surface area contributed by atoms with Crippen molar-refractivity contribution < 1.29 is 4.79 Å². The maximum Gasteiger partial charge on any atom is 0.155 e. The molecule has 5 nitrogen and oxygen atoms in total. The van der Waals surface area contributed by atoms with E-state index in [2.05, 4.69) is 27.4 Å². The van der Waals surface area contributed by atoms with Gasteiger partial charge in [0.25, 0.3) is 0 Å². The van der Waals surface area contributed by atoms with E-state index in [4.69, 9.17) is 4.98 Å². The number of pyridine rings is 1. The quantitative estimate of drug-likeness (QED) is 0.605. The summed E-state index contributed by atoms with van der Waals surface area (Å²) >= 11 is 0. The Morgan fingerprint density at radius 1 is 1.19 bits per heavy atom. The van der Waals surface area contributed by atoms with Crippen molar-refractivity contribution in [2.45, 2.75) is 51.9 Å². The van der Waals surface area contributed by atoms with Gasteiger partial charge in [-0.1, -0.05) is 6.07 Å². The van der Waals surface area contributed by atoms with Gasteiger partial charge in [0.1, 0.15) is 11.6 Å². The van der Waals surface area contributed by atoms with Crippen molar-refractivity contribution in [2.75, 3.05) is 11.9 Å². The molecule has 26 heavy (non-hydrogen) atoms. The molecule has 0 radical (unpaired) electrons. The van der Waals surface area contributed by atoms with Gasteiger partial charge in [0.2, 0.25) is 0 Å². The molecule has 2 aromatic heterocycles. The van der Waals surface area contributed by atoms with Gasteiger partial charge in [-0.25, -0.2) is 15.0 Å². The second kappa shape index (κ2) is 9.22. The molecule has 0 saturated carbocycles. The van der Waals surface area contributed by atoms with Crippen molar-refractivity contribution in [3.05, 3.63) is 53.2 Å². The smallest absolute Gasteiger partial charge is 0.155 e. The Morgan fingerprint density at radius 3 is 2.88 bits per heavy atom. The summed E-state index contributed by atoms with van der Waals surface area (Å²) in [7, 11) is 0. The zero-order valence-electron chi connectivity index (χ0n) is 15.4. The van der Waals surface area contributed by atoms with E-state index in [1.54, 1.807) is 24.5 Å². The molecule has 0 saturated heterocycles. The number of fused-ring (bicyclic) bond motifs is 1. The summed E-state index contributed by atoms with van der Waals surface area (Å²) < 4.78 is 0. The van der Waals surface area contributed by atoms with Crippen molar-refractivity contribution in [1.29, 1.82) is 0 Å². The zero-order chi connectivity index (χ0) is 18.2. The molecule has 0 bridgehead atoms. The van der Waals surface area contributed by atoms with Gasteiger partial charge in [0.15, 0.2) is 5.78 Å². The Bertz CT molecular complexity index is 768. The van der Waals surface area contributed by atoms with E-state index in [-0.39, 0.29) is 5.78 Å². The Kier molecular flexibility index (Phi) is 6.47. The van der Waals surface area contributed by atoms with Crippen LogP contribution in [0, 0.1) is 6.92 Å². The number of ketones is 1. The lowest BCUT2D eigenvalue weighted by Gasteiger charge is -2.08. The fourth-order valence-electron chi connectivity index (χ4n) is 3.04. The minimum absolute atomic E-state index is 0.141. The highest BCUT2D eigenvalue weighted by Gasteiger charge is 2.09. The van der Waals surface area contributed by atoms with Gasteiger partial charge < -0.3 is 5.32 Å². The van der Waals surface area contributed by atoms with Gasteiger partial charge in [-0.05, 0) is 69.2 Å². The first-order chi connectivity index (χ1) is 12.7. The summed E-state index contributed by atoms with van der Waals surface area (Å²) in [4.78, 5) is 25.0. The number of hydrogen-bond acceptors (Lipinski definition) is 5. The van der Waals surface area contributed by atoms with Crippen molar-refractivity contribution in [1.82, 2.24) is 15.0 Å². The summed E-state index contributed by atoms with van der Waals surface area (Å²) in [6.07, 6.45) is 13.7. The third-order valence-corrected chi connectivity index (χ3v) is 4.57. The second-order valence-corrected chi connectivity index (χ2v) is 6.76. The molecular formula is C21H26N4O. The molecule has 0 aromatic carbocycles. The number of allylic oxidation sites excluding steroid dienone is 1. The number of aryl methyl sites for hydroxylation is 3. The van der Waals surface area contributed by atoms with Crippen LogP contribution in [0.15, 0.2) is 30.6 Å². The van der Waals surface area contributed by atoms with Crippen LogP contribution in [0.5, 0.6) is 0 Å². The molecule has 3 rings (SSSR count). The number of rotatable bonds is 7. The van der Waals surface area contributed by atoms with Crippen LogP contribution in [-0.4, -0.2) is 27.3 Å². The first-order valence-corrected chi connectivity index (χ1v) is 9.43. The lowest BCUT2D eigenvalue weighted by atomic mass is 10.1. The van der Waals surface area contributed by atoms with Crippen LogP contribution in [0.1, 0.15) is 54.7 Å². The first-order valence-electron chi connectivity index (χ1n) is 9.43. The van der Waals surface area contributed by atoms with Crippen LogP contribution < -0.4 is 5.32 Å². The minimum Gasteiger partial charge on any atom is -0.370 e. The maximum atomic E-state index is 12.0. The Hall–Kier alpha value is -2.56. The third kappa shape index (κ3) is 5.48. The normalized spacial score (nSPS) is 13.9. The molecular weight excluding hydrogens is 324 g/mol. The average molecular weight is 350 g/mol. The molecule has 1 N–H and O–H groups in total. The van der Waals surface area contributed by atoms with Crippen LogP contribution in [0.2, 0.25) is 0 Å². The Morgan fingerprint density at radius 2 is 2.04 bits per heavy atom. The van der Waals surface area contributed by atoms with Crippen LogP contribution in [0.3, 0.4) is 0 Å². The molecule has 3 heterocycles. The largest absolute Gasteiger partial charge is 0.370 e. The number of carbonyl (C=O) groups is 1. The number of anilines is 1. The predicted molar refractivity (Wildman–Crippen MR) is 104 cm³/mol. The van der Waals surface area contributed by atoms with Gasteiger partial charge in [-0.2, -0.15) is 0 Å². The summed E-state index contributed by atoms with van der Waals surface area (Å²) in [6, 6.07) is 4.33. The second-order valence-electron chi connectivity index (χ2n) is 6.76. The number of nitrogens with zero attached hydrogens (tertiary/aromatic N) is 3. The van der Waals surface area contributed by atoms with Crippen LogP contribution >= 0.6 is 0 Å². The maximum absolute atomic E-state index is 12.0. The van der Waals surface area contributed by atoms with Gasteiger partial charge in [-0.3, -0.25) is 4.79 Å². The van der Waals surface area contributed by atoms with E-state index < -0.39 is 0 Å². The standard InChI is InChI=1S/C21H26N4O/c1-16-23-14-17(15-24-16)9-12-20(26)8-3-2-7-19-11-10-18-6-4-5-13-22-21(18)25-19/h9-12,14-15H,2-8,13H2,1H3,(H,22,25)/b12-9+. The molecule has 0 atom stereocenters. The van der Waals surface area contributed by atoms with E-state index in [1.807, 2.05) is 6.92 Å². The number of carbonyl (C=O) groups excluding carboxylic acids is 1. The molecule has 0 spiro atoms. The molecule has 136 valence electrons. The summed E-state index contributed by atoms with van der Waals surface area (Å²) in [6.45, 7) is 2.85. The molecule has 1 aliphatic rings. The van der Waals surface area contributed by atoms with E-state index in [0.717, 1.165) is 55.1 Å². The topological polar surface area (TPSA) is 67.8 Å². The van der Waals surface area contributed by atoms with E-state index in [0.29, 0.717) is 6.42 Å². The molecule has 0 unspecified atom stereocenters. The monoisotopic (exact) mass is 350 g/mol. The van der Waals surface area contributed by atoms with Crippen molar-refractivity contribution in [3.8, 4) is 0 Å². The van der Waals surface area contributed by atoms with Crippen LogP contribution in [0.25, 0.3) is 6.08 Å². The van der Waals surface area contributed by atoms with Crippen molar-refractivity contribution in [3.63, 3.8) is 0 Å².